The summed E-state index contributed by atoms with van der Waals surface area (Å²) in [5, 5.41) is 23.9. The average Bonchev–Trinajstić information content (AvgIpc) is 3.70. The van der Waals surface area contributed by atoms with E-state index in [9.17, 15) is 10.2 Å². The first-order valence-corrected chi connectivity index (χ1v) is 16.0. The van der Waals surface area contributed by atoms with Crippen molar-refractivity contribution in [3.05, 3.63) is 46.5 Å². The summed E-state index contributed by atoms with van der Waals surface area (Å²) < 4.78 is 36.0. The Labute approximate surface area is 249 Å². The van der Waals surface area contributed by atoms with Gasteiger partial charge in [0.05, 0.1) is 38.6 Å². The van der Waals surface area contributed by atoms with E-state index in [1.165, 1.54) is 16.7 Å². The number of methoxy groups -OCH3 is 2. The van der Waals surface area contributed by atoms with Crippen molar-refractivity contribution in [3.8, 4) is 0 Å². The van der Waals surface area contributed by atoms with E-state index >= 15 is 0 Å². The normalized spacial score (nSPS) is 41.0. The molecule has 3 saturated carbocycles. The second kappa shape index (κ2) is 10.3. The first-order valence-electron chi connectivity index (χ1n) is 16.0. The van der Waals surface area contributed by atoms with Gasteiger partial charge >= 0.3 is 0 Å². The van der Waals surface area contributed by atoms with Crippen LogP contribution in [0.1, 0.15) is 82.3 Å². The molecular formula is C34H48O8. The van der Waals surface area contributed by atoms with Crippen LogP contribution < -0.4 is 0 Å². The quantitative estimate of drug-likeness (QED) is 0.470. The zero-order chi connectivity index (χ0) is 29.4. The molecule has 1 spiro atoms. The van der Waals surface area contributed by atoms with Crippen molar-refractivity contribution >= 4 is 0 Å². The third kappa shape index (κ3) is 4.17. The monoisotopic (exact) mass is 584 g/mol. The second-order valence-corrected chi connectivity index (χ2v) is 14.0. The SMILES string of the molecule is COC[C@H](O)[C@@]1(OC)CC[C@H]2[C@@H]3CC[C@@]4(O)CC5(CCC4=C3[C@@H](c3ccc(C4(C)OCCO4)cc3)C[C@@]21C)OCCO5. The largest absolute Gasteiger partial charge is 0.388 e. The van der Waals surface area contributed by atoms with E-state index in [0.717, 1.165) is 44.1 Å². The molecule has 0 bridgehead atoms. The highest BCUT2D eigenvalue weighted by Crippen LogP contribution is 2.69. The summed E-state index contributed by atoms with van der Waals surface area (Å²) in [7, 11) is 3.40. The van der Waals surface area contributed by atoms with Gasteiger partial charge in [-0.3, -0.25) is 0 Å². The van der Waals surface area contributed by atoms with E-state index in [4.69, 9.17) is 28.4 Å². The van der Waals surface area contributed by atoms with Crippen LogP contribution in [0.5, 0.6) is 0 Å². The number of ether oxygens (including phenoxy) is 6. The van der Waals surface area contributed by atoms with Crippen LogP contribution in [-0.4, -0.2) is 80.6 Å². The highest BCUT2D eigenvalue weighted by atomic mass is 16.7. The summed E-state index contributed by atoms with van der Waals surface area (Å²) in [6, 6.07) is 8.72. The van der Waals surface area contributed by atoms with Gasteiger partial charge in [-0.25, -0.2) is 0 Å². The zero-order valence-electron chi connectivity index (χ0n) is 25.7. The Kier molecular flexibility index (Phi) is 7.23. The molecule has 8 nitrogen and oxygen atoms in total. The third-order valence-corrected chi connectivity index (χ3v) is 12.3. The van der Waals surface area contributed by atoms with E-state index in [1.807, 2.05) is 6.92 Å². The van der Waals surface area contributed by atoms with Crippen molar-refractivity contribution < 1.29 is 38.6 Å². The maximum atomic E-state index is 12.3. The third-order valence-electron chi connectivity index (χ3n) is 12.3. The second-order valence-electron chi connectivity index (χ2n) is 14.0. The maximum Gasteiger partial charge on any atom is 0.192 e. The fourth-order valence-electron chi connectivity index (χ4n) is 10.3. The number of rotatable bonds is 6. The highest BCUT2D eigenvalue weighted by Gasteiger charge is 2.67. The summed E-state index contributed by atoms with van der Waals surface area (Å²) in [6.07, 6.45) is 5.56. The molecule has 7 rings (SSSR count). The predicted octanol–water partition coefficient (Wildman–Crippen LogP) is 4.57. The number of benzene rings is 1. The standard InChI is InChI=1S/C34H48O8/c1-30-19-25(22-5-7-23(8-6-22)31(2)39-15-16-40-31)29-24(26(30)11-14-34(30,38-4)28(35)20-37-3)9-12-32(36)21-33(13-10-27(29)32)41-17-18-42-33/h5-8,24-26,28,35-36H,9-21H2,1-4H3/t24-,25+,26-,28-,30-,32+,34-/m0/s1. The molecular weight excluding hydrogens is 536 g/mol. The van der Waals surface area contributed by atoms with Gasteiger partial charge < -0.3 is 38.6 Å². The molecule has 8 heteroatoms. The minimum Gasteiger partial charge on any atom is -0.388 e. The Bertz CT molecular complexity index is 1200. The van der Waals surface area contributed by atoms with E-state index in [2.05, 4.69) is 31.2 Å². The van der Waals surface area contributed by atoms with E-state index in [-0.39, 0.29) is 17.9 Å². The summed E-state index contributed by atoms with van der Waals surface area (Å²) >= 11 is 0. The number of aliphatic hydroxyl groups excluding tert-OH is 1. The van der Waals surface area contributed by atoms with Crippen LogP contribution >= 0.6 is 0 Å². The van der Waals surface area contributed by atoms with Crippen LogP contribution in [-0.2, 0) is 34.2 Å². The molecule has 4 aliphatic carbocycles. The summed E-state index contributed by atoms with van der Waals surface area (Å²) in [6.45, 7) is 6.94. The lowest BCUT2D eigenvalue weighted by atomic mass is 9.49. The van der Waals surface area contributed by atoms with Crippen molar-refractivity contribution in [1.82, 2.24) is 0 Å². The van der Waals surface area contributed by atoms with Gasteiger partial charge in [-0.05, 0) is 68.4 Å². The molecule has 2 saturated heterocycles. The van der Waals surface area contributed by atoms with Crippen LogP contribution in [0.25, 0.3) is 0 Å². The first-order chi connectivity index (χ1) is 20.1. The van der Waals surface area contributed by atoms with Crippen molar-refractivity contribution in [2.75, 3.05) is 47.3 Å². The van der Waals surface area contributed by atoms with Crippen molar-refractivity contribution in [1.29, 1.82) is 0 Å². The number of fused-ring (bicyclic) bond motifs is 4. The lowest BCUT2D eigenvalue weighted by Crippen LogP contribution is -2.60. The van der Waals surface area contributed by atoms with Crippen LogP contribution in [0.3, 0.4) is 0 Å². The molecule has 42 heavy (non-hydrogen) atoms. The van der Waals surface area contributed by atoms with Crippen LogP contribution in [0, 0.1) is 17.3 Å². The Morgan fingerprint density at radius 1 is 0.929 bits per heavy atom. The Morgan fingerprint density at radius 2 is 1.62 bits per heavy atom. The summed E-state index contributed by atoms with van der Waals surface area (Å²) in [5.74, 6) is -0.634. The molecule has 1 aromatic rings. The van der Waals surface area contributed by atoms with Crippen molar-refractivity contribution in [2.45, 2.75) is 100 Å². The molecule has 2 heterocycles. The zero-order valence-corrected chi connectivity index (χ0v) is 25.7. The molecule has 0 unspecified atom stereocenters. The lowest BCUT2D eigenvalue weighted by molar-refractivity contribution is -0.210. The minimum atomic E-state index is -0.925. The van der Waals surface area contributed by atoms with E-state index in [0.29, 0.717) is 51.1 Å². The lowest BCUT2D eigenvalue weighted by Gasteiger charge is -2.59. The van der Waals surface area contributed by atoms with Crippen LogP contribution in [0.2, 0.25) is 0 Å². The Morgan fingerprint density at radius 3 is 2.29 bits per heavy atom. The molecule has 2 aliphatic heterocycles. The molecule has 5 fully saturated rings. The van der Waals surface area contributed by atoms with Gasteiger partial charge in [0.25, 0.3) is 0 Å². The van der Waals surface area contributed by atoms with Gasteiger partial charge in [0, 0.05) is 44.0 Å². The summed E-state index contributed by atoms with van der Waals surface area (Å²) in [4.78, 5) is 0. The predicted molar refractivity (Wildman–Crippen MR) is 155 cm³/mol. The van der Waals surface area contributed by atoms with Gasteiger partial charge in [0.15, 0.2) is 11.6 Å². The molecule has 0 aromatic heterocycles. The first kappa shape index (κ1) is 29.4. The fraction of sp³-hybridized carbons (Fsp3) is 0.765. The number of allylic oxidation sites excluding steroid dienone is 1. The van der Waals surface area contributed by atoms with Gasteiger partial charge in [-0.1, -0.05) is 36.8 Å². The number of hydrogen-bond acceptors (Lipinski definition) is 8. The van der Waals surface area contributed by atoms with Gasteiger partial charge in [-0.2, -0.15) is 0 Å². The van der Waals surface area contributed by atoms with E-state index < -0.39 is 28.9 Å². The topological polar surface area (TPSA) is 95.8 Å². The van der Waals surface area contributed by atoms with Crippen LogP contribution in [0.4, 0.5) is 0 Å². The highest BCUT2D eigenvalue weighted by molar-refractivity contribution is 5.45. The van der Waals surface area contributed by atoms with Crippen molar-refractivity contribution in [3.63, 3.8) is 0 Å². The van der Waals surface area contributed by atoms with Gasteiger partial charge in [0.2, 0.25) is 0 Å². The molecule has 6 aliphatic rings. The molecule has 2 N–H and O–H groups in total. The molecule has 0 radical (unpaired) electrons. The molecule has 232 valence electrons. The van der Waals surface area contributed by atoms with Crippen molar-refractivity contribution in [2.24, 2.45) is 17.3 Å². The Hall–Kier alpha value is -1.36. The molecule has 7 atom stereocenters. The molecule has 1 aromatic carbocycles. The molecule has 0 amide bonds. The van der Waals surface area contributed by atoms with Crippen LogP contribution in [0.15, 0.2) is 35.4 Å². The van der Waals surface area contributed by atoms with Gasteiger partial charge in [0.1, 0.15) is 11.7 Å². The average molecular weight is 585 g/mol. The number of aliphatic hydroxyl groups is 2. The van der Waals surface area contributed by atoms with E-state index in [1.54, 1.807) is 14.2 Å². The number of hydrogen-bond donors (Lipinski definition) is 2. The van der Waals surface area contributed by atoms with Gasteiger partial charge in [-0.15, -0.1) is 0 Å². The smallest absolute Gasteiger partial charge is 0.192 e. The Balaban J connectivity index is 1.33. The fourth-order valence-corrected chi connectivity index (χ4v) is 10.3. The minimum absolute atomic E-state index is 0.0900. The summed E-state index contributed by atoms with van der Waals surface area (Å²) in [5.41, 5.74) is 2.97. The maximum absolute atomic E-state index is 12.3.